The molecule has 0 aliphatic carbocycles. The molecule has 0 radical (unpaired) electrons. The Hall–Kier alpha value is -3.34. The van der Waals surface area contributed by atoms with E-state index in [0.717, 1.165) is 36.0 Å². The van der Waals surface area contributed by atoms with Crippen LogP contribution in [0.15, 0.2) is 58.5 Å². The molecule has 1 saturated heterocycles. The number of rotatable bonds is 5. The number of piperidine rings is 1. The van der Waals surface area contributed by atoms with Gasteiger partial charge in [0.25, 0.3) is 0 Å². The zero-order valence-electron chi connectivity index (χ0n) is 17.3. The first-order valence-corrected chi connectivity index (χ1v) is 11.0. The van der Waals surface area contributed by atoms with Crippen LogP contribution in [0.25, 0.3) is 11.1 Å². The standard InChI is InChI=1S/C22H19F3N4O3S/c23-22(24,25)21(31)32-20(30)18-19(27-28-26-18)33-17-9-7-14(8-10-17)15-5-4-6-16(13-15)29-11-2-1-3-12-29/h4-10,13H,1-3,11-12H2,(H,26,27,28). The predicted molar refractivity (Wildman–Crippen MR) is 115 cm³/mol. The Morgan fingerprint density at radius 3 is 2.39 bits per heavy atom. The summed E-state index contributed by atoms with van der Waals surface area (Å²) >= 11 is 1.01. The van der Waals surface area contributed by atoms with Gasteiger partial charge in [0.1, 0.15) is 0 Å². The van der Waals surface area contributed by atoms with E-state index in [4.69, 9.17) is 0 Å². The van der Waals surface area contributed by atoms with Gasteiger partial charge in [0, 0.05) is 23.7 Å². The minimum atomic E-state index is -5.28. The van der Waals surface area contributed by atoms with Crippen LogP contribution in [0.1, 0.15) is 29.8 Å². The number of carbonyl (C=O) groups is 2. The lowest BCUT2D eigenvalue weighted by molar-refractivity contribution is -0.193. The zero-order valence-corrected chi connectivity index (χ0v) is 18.1. The summed E-state index contributed by atoms with van der Waals surface area (Å²) < 4.78 is 40.8. The molecule has 0 bridgehead atoms. The van der Waals surface area contributed by atoms with Gasteiger partial charge in [0.05, 0.1) is 0 Å². The normalized spacial score (nSPS) is 14.2. The third-order valence-corrected chi connectivity index (χ3v) is 6.08. The largest absolute Gasteiger partial charge is 0.491 e. The fourth-order valence-electron chi connectivity index (χ4n) is 3.48. The Morgan fingerprint density at radius 1 is 0.970 bits per heavy atom. The van der Waals surface area contributed by atoms with Crippen LogP contribution in [0.2, 0.25) is 0 Å². The van der Waals surface area contributed by atoms with E-state index in [1.807, 2.05) is 24.3 Å². The fraction of sp³-hybridized carbons (Fsp3) is 0.273. The molecule has 0 atom stereocenters. The van der Waals surface area contributed by atoms with Crippen LogP contribution in [0.5, 0.6) is 0 Å². The highest BCUT2D eigenvalue weighted by atomic mass is 32.2. The number of ether oxygens (including phenoxy) is 1. The second-order valence-corrected chi connectivity index (χ2v) is 8.44. The van der Waals surface area contributed by atoms with E-state index in [0.29, 0.717) is 4.90 Å². The zero-order chi connectivity index (χ0) is 23.4. The summed E-state index contributed by atoms with van der Waals surface area (Å²) in [4.78, 5) is 25.9. The molecule has 2 heterocycles. The molecule has 1 aliphatic rings. The topological polar surface area (TPSA) is 88.2 Å². The summed E-state index contributed by atoms with van der Waals surface area (Å²) in [6, 6.07) is 15.7. The van der Waals surface area contributed by atoms with Crippen molar-refractivity contribution in [3.05, 3.63) is 54.2 Å². The summed E-state index contributed by atoms with van der Waals surface area (Å²) in [7, 11) is 0. The van der Waals surface area contributed by atoms with Crippen LogP contribution in [0, 0.1) is 0 Å². The third-order valence-electron chi connectivity index (χ3n) is 5.10. The third kappa shape index (κ3) is 5.54. The van der Waals surface area contributed by atoms with Gasteiger partial charge >= 0.3 is 18.1 Å². The van der Waals surface area contributed by atoms with Gasteiger partial charge in [-0.05, 0) is 54.7 Å². The SMILES string of the molecule is O=C(OC(=O)C(F)(F)F)c1n[nH]nc1Sc1ccc(-c2cccc(N3CCCCC3)c2)cc1. The number of hydrogen-bond donors (Lipinski definition) is 1. The van der Waals surface area contributed by atoms with E-state index in [9.17, 15) is 22.8 Å². The lowest BCUT2D eigenvalue weighted by atomic mass is 10.0. The number of halogens is 3. The van der Waals surface area contributed by atoms with E-state index in [1.54, 1.807) is 12.1 Å². The quantitative estimate of drug-likeness (QED) is 0.416. The van der Waals surface area contributed by atoms with Crippen molar-refractivity contribution >= 4 is 29.4 Å². The summed E-state index contributed by atoms with van der Waals surface area (Å²) in [5, 5.41) is 9.45. The number of carbonyl (C=O) groups excluding carboxylic acids is 2. The number of nitrogens with zero attached hydrogens (tertiary/aromatic N) is 3. The van der Waals surface area contributed by atoms with Crippen LogP contribution < -0.4 is 4.90 Å². The van der Waals surface area contributed by atoms with Crippen LogP contribution >= 0.6 is 11.8 Å². The molecule has 1 fully saturated rings. The van der Waals surface area contributed by atoms with Crippen LogP contribution in [-0.2, 0) is 9.53 Å². The summed E-state index contributed by atoms with van der Waals surface area (Å²) in [6.07, 6.45) is -1.64. The Bertz CT molecular complexity index is 1140. The number of hydrogen-bond acceptors (Lipinski definition) is 7. The van der Waals surface area contributed by atoms with E-state index in [1.165, 1.54) is 24.9 Å². The average molecular weight is 476 g/mol. The number of aromatic nitrogens is 3. The van der Waals surface area contributed by atoms with Crippen molar-refractivity contribution in [1.29, 1.82) is 0 Å². The maximum absolute atomic E-state index is 12.3. The van der Waals surface area contributed by atoms with Crippen molar-refractivity contribution in [2.24, 2.45) is 0 Å². The number of H-pyrrole nitrogens is 1. The second-order valence-electron chi connectivity index (χ2n) is 7.38. The van der Waals surface area contributed by atoms with Crippen LogP contribution in [0.3, 0.4) is 0 Å². The number of benzene rings is 2. The number of nitrogens with one attached hydrogen (secondary N) is 1. The van der Waals surface area contributed by atoms with Crippen molar-refractivity contribution in [3.8, 4) is 11.1 Å². The number of esters is 2. The Balaban J connectivity index is 1.46. The minimum absolute atomic E-state index is 0.00480. The van der Waals surface area contributed by atoms with Crippen molar-refractivity contribution < 1.29 is 27.5 Å². The molecule has 7 nitrogen and oxygen atoms in total. The van der Waals surface area contributed by atoms with Crippen molar-refractivity contribution in [1.82, 2.24) is 15.4 Å². The molecule has 1 N–H and O–H groups in total. The molecule has 4 rings (SSSR count). The molecule has 0 saturated carbocycles. The molecule has 3 aromatic rings. The molecular weight excluding hydrogens is 457 g/mol. The highest BCUT2D eigenvalue weighted by Gasteiger charge is 2.43. The lowest BCUT2D eigenvalue weighted by Crippen LogP contribution is -2.29. The maximum Gasteiger partial charge on any atom is 0.491 e. The Kier molecular flexibility index (Phi) is 6.68. The summed E-state index contributed by atoms with van der Waals surface area (Å²) in [5.74, 6) is -4.14. The molecule has 33 heavy (non-hydrogen) atoms. The molecule has 1 aliphatic heterocycles. The van der Waals surface area contributed by atoms with Gasteiger partial charge in [-0.1, -0.05) is 36.0 Å². The van der Waals surface area contributed by atoms with E-state index in [2.05, 4.69) is 37.2 Å². The predicted octanol–water partition coefficient (Wildman–Crippen LogP) is 4.86. The summed E-state index contributed by atoms with van der Waals surface area (Å²) in [5.41, 5.74) is 2.74. The molecule has 11 heteroatoms. The van der Waals surface area contributed by atoms with Gasteiger partial charge in [-0.15, -0.1) is 10.2 Å². The molecule has 1 aromatic heterocycles. The summed E-state index contributed by atoms with van der Waals surface area (Å²) in [6.45, 7) is 2.10. The van der Waals surface area contributed by atoms with Gasteiger partial charge < -0.3 is 9.64 Å². The Labute approximate surface area is 191 Å². The van der Waals surface area contributed by atoms with Crippen molar-refractivity contribution in [3.63, 3.8) is 0 Å². The average Bonchev–Trinajstić information content (AvgIpc) is 3.28. The molecule has 0 spiro atoms. The highest BCUT2D eigenvalue weighted by molar-refractivity contribution is 7.99. The molecule has 172 valence electrons. The van der Waals surface area contributed by atoms with Crippen LogP contribution in [0.4, 0.5) is 18.9 Å². The van der Waals surface area contributed by atoms with Crippen molar-refractivity contribution in [2.75, 3.05) is 18.0 Å². The lowest BCUT2D eigenvalue weighted by Gasteiger charge is -2.29. The molecular formula is C22H19F3N4O3S. The number of alkyl halides is 3. The second kappa shape index (κ2) is 9.65. The van der Waals surface area contributed by atoms with E-state index >= 15 is 0 Å². The van der Waals surface area contributed by atoms with Crippen LogP contribution in [-0.4, -0.2) is 46.6 Å². The first-order valence-electron chi connectivity index (χ1n) is 10.2. The van der Waals surface area contributed by atoms with Crippen molar-refractivity contribution in [2.45, 2.75) is 35.4 Å². The fourth-order valence-corrected chi connectivity index (χ4v) is 4.28. The van der Waals surface area contributed by atoms with E-state index in [-0.39, 0.29) is 5.03 Å². The first kappa shape index (κ1) is 22.8. The van der Waals surface area contributed by atoms with Gasteiger partial charge in [-0.3, -0.25) is 0 Å². The number of aromatic amines is 1. The highest BCUT2D eigenvalue weighted by Crippen LogP contribution is 2.32. The monoisotopic (exact) mass is 476 g/mol. The van der Waals surface area contributed by atoms with Gasteiger partial charge in [0.2, 0.25) is 5.69 Å². The number of anilines is 1. The maximum atomic E-state index is 12.3. The molecule has 2 aromatic carbocycles. The minimum Gasteiger partial charge on any atom is -0.381 e. The van der Waals surface area contributed by atoms with Gasteiger partial charge in [-0.25, -0.2) is 9.59 Å². The molecule has 0 amide bonds. The van der Waals surface area contributed by atoms with Gasteiger partial charge in [0.15, 0.2) is 5.03 Å². The van der Waals surface area contributed by atoms with Gasteiger partial charge in [-0.2, -0.15) is 18.4 Å². The first-order chi connectivity index (χ1) is 15.8. The smallest absolute Gasteiger partial charge is 0.381 e. The van der Waals surface area contributed by atoms with E-state index < -0.39 is 23.8 Å². The Morgan fingerprint density at radius 2 is 1.70 bits per heavy atom. The molecule has 0 unspecified atom stereocenters.